The van der Waals surface area contributed by atoms with Crippen LogP contribution in [0.5, 0.6) is 0 Å². The molecule has 0 saturated carbocycles. The summed E-state index contributed by atoms with van der Waals surface area (Å²) >= 11 is -0.826. The summed E-state index contributed by atoms with van der Waals surface area (Å²) in [5.74, 6) is -0.296. The standard InChI is InChI=1S/C13H9.C12H10Si.C10H13NO.2ClH.Zr/c1-3-7-12-10(5-1)9-11-6-2-4-8-13(11)12;1-3-7-11(8-4-1)13-12-9-5-2-6-10-12;1-7(2)8-5-3-4-6-9(8)10(11)12;;;/h1-5,7-8H,9H2;1-10H;3-7H,1-2H3,(H2,11,12);2*1H;/q-1;;;;;+4/p-3. The molecule has 2 radical (unpaired) electrons. The number of carbonyl (C=O) groups excluding carboxylic acids is 1. The van der Waals surface area contributed by atoms with E-state index in [0.29, 0.717) is 11.5 Å². The molecule has 6 heteroatoms. The molecule has 0 aliphatic heterocycles. The molecule has 0 saturated heterocycles. The molecule has 0 unspecified atom stereocenters. The molecule has 204 valence electrons. The molecule has 2 nitrogen and oxygen atoms in total. The van der Waals surface area contributed by atoms with Crippen LogP contribution in [0.25, 0.3) is 16.9 Å². The van der Waals surface area contributed by atoms with Crippen molar-refractivity contribution < 1.29 is 25.6 Å². The number of rotatable bonds is 4. The van der Waals surface area contributed by atoms with Crippen molar-refractivity contribution in [2.75, 3.05) is 0 Å². The number of benzene rings is 5. The number of amides is 1. The second kappa shape index (κ2) is 17.9. The fourth-order valence-corrected chi connectivity index (χ4v) is 5.47. The molecule has 0 spiro atoms. The fraction of sp³-hybridized carbons (Fsp3) is 0.114. The van der Waals surface area contributed by atoms with E-state index in [1.54, 1.807) is 12.1 Å². The minimum atomic E-state index is -0.826. The maximum Gasteiger partial charge on any atom is 0.121 e. The van der Waals surface area contributed by atoms with Crippen LogP contribution in [0.15, 0.2) is 127 Å². The van der Waals surface area contributed by atoms with E-state index in [1.807, 2.05) is 32.0 Å². The van der Waals surface area contributed by atoms with Gasteiger partial charge in [-0.15, -0.1) is 5.56 Å². The van der Waals surface area contributed by atoms with Gasteiger partial charge in [-0.25, -0.2) is 0 Å². The van der Waals surface area contributed by atoms with E-state index in [0.717, 1.165) is 21.5 Å². The Balaban J connectivity index is 0.000000161. The first-order chi connectivity index (χ1) is 19.9. The van der Waals surface area contributed by atoms with Crippen LogP contribution >= 0.6 is 17.0 Å². The van der Waals surface area contributed by atoms with Crippen molar-refractivity contribution in [3.8, 4) is 11.1 Å². The van der Waals surface area contributed by atoms with Gasteiger partial charge in [0.25, 0.3) is 0 Å². The van der Waals surface area contributed by atoms with Gasteiger partial charge in [-0.3, -0.25) is 0 Å². The van der Waals surface area contributed by atoms with Crippen LogP contribution in [0.2, 0.25) is 0 Å². The Labute approximate surface area is 265 Å². The molecule has 0 fully saturated rings. The summed E-state index contributed by atoms with van der Waals surface area (Å²) in [6, 6.07) is 46.5. The third-order valence-electron chi connectivity index (χ3n) is 6.28. The average Bonchev–Trinajstić information content (AvgIpc) is 3.38. The molecule has 5 aromatic rings. The molecule has 1 amide bonds. The third kappa shape index (κ3) is 10.5. The summed E-state index contributed by atoms with van der Waals surface area (Å²) in [7, 11) is 10.6. The SMILES string of the molecule is CC(C)c1ccccc1C([NH-])=O.[Cl][Zr+2][Cl].[c-]1cccc2c1Cc1ccccc1-2.c1ccc([Si]c2ccccc2)cc1. The molecular formula is C35H31Cl2NOSiZr. The smallest absolute Gasteiger partial charge is 0.121 e. The van der Waals surface area contributed by atoms with E-state index in [2.05, 4.69) is 103 Å². The number of hydrogen-bond donors (Lipinski definition) is 0. The summed E-state index contributed by atoms with van der Waals surface area (Å²) in [5.41, 5.74) is 14.0. The van der Waals surface area contributed by atoms with Gasteiger partial charge in [0.2, 0.25) is 0 Å². The van der Waals surface area contributed by atoms with E-state index >= 15 is 0 Å². The van der Waals surface area contributed by atoms with Crippen LogP contribution in [-0.4, -0.2) is 15.4 Å². The molecule has 1 aliphatic rings. The number of fused-ring (bicyclic) bond motifs is 3. The Morgan fingerprint density at radius 1 is 0.756 bits per heavy atom. The summed E-state index contributed by atoms with van der Waals surface area (Å²) in [5, 5.41) is 2.79. The van der Waals surface area contributed by atoms with Gasteiger partial charge < -0.3 is 10.5 Å². The molecule has 1 aliphatic carbocycles. The van der Waals surface area contributed by atoms with Crippen molar-refractivity contribution in [3.63, 3.8) is 0 Å². The Bertz CT molecular complexity index is 1420. The topological polar surface area (TPSA) is 40.9 Å². The van der Waals surface area contributed by atoms with E-state index < -0.39 is 26.8 Å². The van der Waals surface area contributed by atoms with Crippen molar-refractivity contribution in [2.24, 2.45) is 0 Å². The summed E-state index contributed by atoms with van der Waals surface area (Å²) in [4.78, 5) is 10.8. The molecule has 0 atom stereocenters. The minimum absolute atomic E-state index is 0.301. The zero-order valence-electron chi connectivity index (χ0n) is 23.1. The monoisotopic (exact) mass is 669 g/mol. The van der Waals surface area contributed by atoms with Crippen molar-refractivity contribution in [2.45, 2.75) is 26.2 Å². The van der Waals surface area contributed by atoms with Gasteiger partial charge in [-0.05, 0) is 17.9 Å². The molecule has 1 N–H and O–H groups in total. The van der Waals surface area contributed by atoms with Gasteiger partial charge in [-0.2, -0.15) is 29.8 Å². The molecule has 0 bridgehead atoms. The van der Waals surface area contributed by atoms with Gasteiger partial charge in [0.15, 0.2) is 0 Å². The van der Waals surface area contributed by atoms with E-state index in [4.69, 9.17) is 22.8 Å². The van der Waals surface area contributed by atoms with Crippen molar-refractivity contribution in [1.82, 2.24) is 0 Å². The molecular weight excluding hydrogens is 641 g/mol. The summed E-state index contributed by atoms with van der Waals surface area (Å²) < 4.78 is 0. The molecule has 0 heterocycles. The minimum Gasteiger partial charge on any atom is -0.179 e. The quantitative estimate of drug-likeness (QED) is 0.137. The molecule has 41 heavy (non-hydrogen) atoms. The van der Waals surface area contributed by atoms with Gasteiger partial charge in [0.05, 0.1) is 5.91 Å². The first kappa shape index (κ1) is 32.8. The number of halogens is 2. The fourth-order valence-electron chi connectivity index (χ4n) is 4.41. The van der Waals surface area contributed by atoms with Crippen LogP contribution in [0.3, 0.4) is 0 Å². The first-order valence-electron chi connectivity index (χ1n) is 13.2. The molecule has 0 aromatic heterocycles. The average molecular weight is 672 g/mol. The van der Waals surface area contributed by atoms with Crippen molar-refractivity contribution in [1.29, 1.82) is 0 Å². The number of carbonyl (C=O) groups is 1. The van der Waals surface area contributed by atoms with Crippen LogP contribution < -0.4 is 10.4 Å². The summed E-state index contributed by atoms with van der Waals surface area (Å²) in [6.07, 6.45) is 1.05. The van der Waals surface area contributed by atoms with E-state index in [1.165, 1.54) is 32.6 Å². The Kier molecular flexibility index (Phi) is 14.3. The maximum absolute atomic E-state index is 10.8. The van der Waals surface area contributed by atoms with Gasteiger partial charge in [0.1, 0.15) is 9.52 Å². The van der Waals surface area contributed by atoms with Crippen molar-refractivity contribution >= 4 is 42.8 Å². The van der Waals surface area contributed by atoms with E-state index in [9.17, 15) is 4.79 Å². The Morgan fingerprint density at radius 3 is 1.83 bits per heavy atom. The van der Waals surface area contributed by atoms with Gasteiger partial charge in [-0.1, -0.05) is 145 Å². The van der Waals surface area contributed by atoms with Gasteiger partial charge in [0, 0.05) is 5.56 Å². The van der Waals surface area contributed by atoms with Gasteiger partial charge >= 0.3 is 37.9 Å². The largest absolute Gasteiger partial charge is 0.179 e. The Hall–Kier alpha value is -2.75. The predicted octanol–water partition coefficient (Wildman–Crippen LogP) is 8.78. The Morgan fingerprint density at radius 2 is 1.27 bits per heavy atom. The van der Waals surface area contributed by atoms with E-state index in [-0.39, 0.29) is 0 Å². The normalized spacial score (nSPS) is 10.3. The van der Waals surface area contributed by atoms with Crippen LogP contribution in [0, 0.1) is 6.07 Å². The van der Waals surface area contributed by atoms with Crippen LogP contribution in [-0.2, 0) is 27.3 Å². The van der Waals surface area contributed by atoms with Crippen LogP contribution in [0.4, 0.5) is 0 Å². The number of nitrogens with one attached hydrogen (secondary N) is 1. The second-order valence-electron chi connectivity index (χ2n) is 9.40. The number of hydrogen-bond acceptors (Lipinski definition) is 1. The van der Waals surface area contributed by atoms with Crippen LogP contribution in [0.1, 0.15) is 46.8 Å². The predicted molar refractivity (Wildman–Crippen MR) is 172 cm³/mol. The maximum atomic E-state index is 10.8. The molecule has 6 rings (SSSR count). The second-order valence-corrected chi connectivity index (χ2v) is 14.5. The zero-order chi connectivity index (χ0) is 29.5. The van der Waals surface area contributed by atoms with Crippen molar-refractivity contribution in [3.05, 3.63) is 161 Å². The zero-order valence-corrected chi connectivity index (χ0v) is 28.0. The summed E-state index contributed by atoms with van der Waals surface area (Å²) in [6.45, 7) is 4.03. The molecule has 5 aromatic carbocycles. The first-order valence-corrected chi connectivity index (χ1v) is 20.5. The third-order valence-corrected chi connectivity index (χ3v) is 7.52.